The molecule has 0 saturated carbocycles. The molecule has 0 unspecified atom stereocenters. The Morgan fingerprint density at radius 3 is 2.65 bits per heavy atom. The van der Waals surface area contributed by atoms with Gasteiger partial charge in [0.1, 0.15) is 5.60 Å². The fourth-order valence-electron chi connectivity index (χ4n) is 2.72. The molecular formula is C17H25NO2. The van der Waals surface area contributed by atoms with E-state index in [0.29, 0.717) is 6.54 Å². The number of fused-ring (bicyclic) bond motifs is 1. The second-order valence-corrected chi connectivity index (χ2v) is 6.57. The standard InChI is InChI=1S/C17H25NO2/c1-6-13-9-12(2)10-14-7-8-18(11-15(13)14)16(19)20-17(3,4)5/h9-10H,6-8,11H2,1-5H3. The Kier molecular flexibility index (Phi) is 4.07. The Hall–Kier alpha value is -1.51. The lowest BCUT2D eigenvalue weighted by Crippen LogP contribution is -2.40. The third-order valence-corrected chi connectivity index (χ3v) is 3.61. The monoisotopic (exact) mass is 275 g/mol. The molecule has 20 heavy (non-hydrogen) atoms. The summed E-state index contributed by atoms with van der Waals surface area (Å²) in [5.74, 6) is 0. The molecule has 3 heteroatoms. The summed E-state index contributed by atoms with van der Waals surface area (Å²) in [4.78, 5) is 14.0. The summed E-state index contributed by atoms with van der Waals surface area (Å²) in [5, 5.41) is 0. The van der Waals surface area contributed by atoms with Gasteiger partial charge in [-0.25, -0.2) is 4.79 Å². The second-order valence-electron chi connectivity index (χ2n) is 6.57. The van der Waals surface area contributed by atoms with Crippen molar-refractivity contribution in [2.75, 3.05) is 6.54 Å². The molecule has 0 atom stereocenters. The van der Waals surface area contributed by atoms with Crippen LogP contribution in [0.4, 0.5) is 4.79 Å². The maximum Gasteiger partial charge on any atom is 0.410 e. The molecule has 1 aliphatic heterocycles. The molecule has 110 valence electrons. The van der Waals surface area contributed by atoms with Crippen LogP contribution >= 0.6 is 0 Å². The van der Waals surface area contributed by atoms with Crippen LogP contribution in [0.1, 0.15) is 49.9 Å². The van der Waals surface area contributed by atoms with Gasteiger partial charge in [0, 0.05) is 13.1 Å². The first-order chi connectivity index (χ1) is 9.30. The fraction of sp³-hybridized carbons (Fsp3) is 0.588. The minimum atomic E-state index is -0.432. The van der Waals surface area contributed by atoms with E-state index in [1.54, 1.807) is 0 Å². The molecule has 0 radical (unpaired) electrons. The third kappa shape index (κ3) is 3.33. The first kappa shape index (κ1) is 14.9. The Balaban J connectivity index is 2.20. The summed E-state index contributed by atoms with van der Waals surface area (Å²) in [5.41, 5.74) is 4.94. The van der Waals surface area contributed by atoms with Crippen molar-refractivity contribution in [3.8, 4) is 0 Å². The van der Waals surface area contributed by atoms with Crippen molar-refractivity contribution in [2.45, 2.75) is 59.6 Å². The fourth-order valence-corrected chi connectivity index (χ4v) is 2.72. The number of rotatable bonds is 1. The topological polar surface area (TPSA) is 29.5 Å². The summed E-state index contributed by atoms with van der Waals surface area (Å²) < 4.78 is 5.48. The molecule has 0 saturated heterocycles. The number of amides is 1. The highest BCUT2D eigenvalue weighted by Gasteiger charge is 2.26. The van der Waals surface area contributed by atoms with Crippen LogP contribution in [0, 0.1) is 6.92 Å². The van der Waals surface area contributed by atoms with E-state index in [-0.39, 0.29) is 6.09 Å². The number of hydrogen-bond acceptors (Lipinski definition) is 2. The van der Waals surface area contributed by atoms with Gasteiger partial charge in [-0.1, -0.05) is 24.6 Å². The lowest BCUT2D eigenvalue weighted by molar-refractivity contribution is 0.0223. The maximum absolute atomic E-state index is 12.2. The SMILES string of the molecule is CCc1cc(C)cc2c1CN(C(=O)OC(C)(C)C)CC2. The van der Waals surface area contributed by atoms with E-state index in [1.165, 1.54) is 22.3 Å². The molecule has 0 aromatic heterocycles. The molecule has 0 N–H and O–H groups in total. The van der Waals surface area contributed by atoms with Gasteiger partial charge in [-0.2, -0.15) is 0 Å². The predicted molar refractivity (Wildman–Crippen MR) is 80.9 cm³/mol. The van der Waals surface area contributed by atoms with E-state index in [9.17, 15) is 4.79 Å². The third-order valence-electron chi connectivity index (χ3n) is 3.61. The Labute approximate surface area is 121 Å². The van der Waals surface area contributed by atoms with Crippen molar-refractivity contribution in [3.05, 3.63) is 34.4 Å². The average molecular weight is 275 g/mol. The number of carbonyl (C=O) groups is 1. The van der Waals surface area contributed by atoms with Gasteiger partial charge in [0.15, 0.2) is 0 Å². The first-order valence-electron chi connectivity index (χ1n) is 7.39. The molecular weight excluding hydrogens is 250 g/mol. The predicted octanol–water partition coefficient (Wildman–Crippen LogP) is 3.85. The molecule has 0 aliphatic carbocycles. The minimum Gasteiger partial charge on any atom is -0.444 e. The summed E-state index contributed by atoms with van der Waals surface area (Å²) in [6, 6.07) is 4.48. The quantitative estimate of drug-likeness (QED) is 0.779. The van der Waals surface area contributed by atoms with Gasteiger partial charge in [0.25, 0.3) is 0 Å². The van der Waals surface area contributed by atoms with E-state index < -0.39 is 5.60 Å². The molecule has 1 amide bonds. The van der Waals surface area contributed by atoms with Crippen LogP contribution in [0.15, 0.2) is 12.1 Å². The van der Waals surface area contributed by atoms with Gasteiger partial charge in [0.05, 0.1) is 0 Å². The number of ether oxygens (including phenoxy) is 1. The lowest BCUT2D eigenvalue weighted by atomic mass is 9.92. The van der Waals surface area contributed by atoms with Crippen molar-refractivity contribution >= 4 is 6.09 Å². The highest BCUT2D eigenvalue weighted by Crippen LogP contribution is 2.26. The van der Waals surface area contributed by atoms with Gasteiger partial charge in [-0.3, -0.25) is 0 Å². The highest BCUT2D eigenvalue weighted by atomic mass is 16.6. The summed E-state index contributed by atoms with van der Waals surface area (Å²) in [6.45, 7) is 11.4. The van der Waals surface area contributed by atoms with E-state index in [4.69, 9.17) is 4.74 Å². The van der Waals surface area contributed by atoms with Crippen LogP contribution < -0.4 is 0 Å². The van der Waals surface area contributed by atoms with Gasteiger partial charge in [-0.05, 0) is 57.2 Å². The summed E-state index contributed by atoms with van der Waals surface area (Å²) in [7, 11) is 0. The molecule has 1 aromatic rings. The average Bonchev–Trinajstić information content (AvgIpc) is 2.35. The smallest absolute Gasteiger partial charge is 0.410 e. The zero-order valence-electron chi connectivity index (χ0n) is 13.2. The Bertz CT molecular complexity index is 497. The Morgan fingerprint density at radius 2 is 2.05 bits per heavy atom. The van der Waals surface area contributed by atoms with Crippen molar-refractivity contribution < 1.29 is 9.53 Å². The lowest BCUT2D eigenvalue weighted by Gasteiger charge is -2.32. The molecule has 0 spiro atoms. The van der Waals surface area contributed by atoms with Crippen LogP contribution in [0.3, 0.4) is 0 Å². The molecule has 2 rings (SSSR count). The van der Waals surface area contributed by atoms with Gasteiger partial charge < -0.3 is 9.64 Å². The number of nitrogens with zero attached hydrogens (tertiary/aromatic N) is 1. The number of hydrogen-bond donors (Lipinski definition) is 0. The zero-order chi connectivity index (χ0) is 14.9. The highest BCUT2D eigenvalue weighted by molar-refractivity contribution is 5.69. The maximum atomic E-state index is 12.2. The van der Waals surface area contributed by atoms with Crippen molar-refractivity contribution in [1.82, 2.24) is 4.90 Å². The summed E-state index contributed by atoms with van der Waals surface area (Å²) >= 11 is 0. The zero-order valence-corrected chi connectivity index (χ0v) is 13.2. The van der Waals surface area contributed by atoms with E-state index in [1.807, 2.05) is 25.7 Å². The molecule has 3 nitrogen and oxygen atoms in total. The summed E-state index contributed by atoms with van der Waals surface area (Å²) in [6.07, 6.45) is 1.72. The van der Waals surface area contributed by atoms with Crippen LogP contribution in [0.25, 0.3) is 0 Å². The number of aryl methyl sites for hydroxylation is 2. The number of carbonyl (C=O) groups excluding carboxylic acids is 1. The molecule has 0 fully saturated rings. The minimum absolute atomic E-state index is 0.203. The second kappa shape index (κ2) is 5.47. The van der Waals surface area contributed by atoms with Crippen LogP contribution in [-0.2, 0) is 24.1 Å². The van der Waals surface area contributed by atoms with Gasteiger partial charge in [-0.15, -0.1) is 0 Å². The normalized spacial score (nSPS) is 14.9. The molecule has 1 heterocycles. The Morgan fingerprint density at radius 1 is 1.35 bits per heavy atom. The molecule has 1 aromatic carbocycles. The molecule has 1 aliphatic rings. The van der Waals surface area contributed by atoms with E-state index in [2.05, 4.69) is 26.0 Å². The van der Waals surface area contributed by atoms with Crippen LogP contribution in [0.5, 0.6) is 0 Å². The van der Waals surface area contributed by atoms with Gasteiger partial charge in [0.2, 0.25) is 0 Å². The number of benzene rings is 1. The molecule has 0 bridgehead atoms. The largest absolute Gasteiger partial charge is 0.444 e. The van der Waals surface area contributed by atoms with Gasteiger partial charge >= 0.3 is 6.09 Å². The van der Waals surface area contributed by atoms with Crippen LogP contribution in [-0.4, -0.2) is 23.1 Å². The van der Waals surface area contributed by atoms with E-state index in [0.717, 1.165) is 19.4 Å². The van der Waals surface area contributed by atoms with Crippen molar-refractivity contribution in [3.63, 3.8) is 0 Å². The van der Waals surface area contributed by atoms with E-state index >= 15 is 0 Å². The van der Waals surface area contributed by atoms with Crippen molar-refractivity contribution in [2.24, 2.45) is 0 Å². The van der Waals surface area contributed by atoms with Crippen molar-refractivity contribution in [1.29, 1.82) is 0 Å². The first-order valence-corrected chi connectivity index (χ1v) is 7.39. The van der Waals surface area contributed by atoms with Crippen LogP contribution in [0.2, 0.25) is 0 Å².